The molecule has 2 aliphatic rings. The van der Waals surface area contributed by atoms with Crippen molar-refractivity contribution >= 4 is 32.4 Å². The fraction of sp³-hybridized carbons (Fsp3) is 0.481. The lowest BCUT2D eigenvalue weighted by Gasteiger charge is -2.25. The highest BCUT2D eigenvalue weighted by Gasteiger charge is 2.49. The SMILES string of the molecule is CC(O)(CCN=S1(=O)CCN(c2nc(N3CC[C@H](N)C3)c3cc(C(F)F)ccc3n2)Cc2ccccc21)C(F)(F)F. The van der Waals surface area contributed by atoms with Crippen LogP contribution in [0.1, 0.15) is 37.3 Å². The van der Waals surface area contributed by atoms with E-state index >= 15 is 0 Å². The van der Waals surface area contributed by atoms with Gasteiger partial charge in [0.15, 0.2) is 5.60 Å². The summed E-state index contributed by atoms with van der Waals surface area (Å²) in [5.74, 6) is 0.780. The first-order chi connectivity index (χ1) is 19.3. The van der Waals surface area contributed by atoms with Crippen molar-refractivity contribution < 1.29 is 31.3 Å². The molecule has 41 heavy (non-hydrogen) atoms. The predicted octanol–water partition coefficient (Wildman–Crippen LogP) is 4.66. The summed E-state index contributed by atoms with van der Waals surface area (Å²) in [6.45, 7) is 1.75. The zero-order chi connectivity index (χ0) is 29.6. The Balaban J connectivity index is 1.52. The van der Waals surface area contributed by atoms with Crippen LogP contribution < -0.4 is 15.5 Å². The third-order valence-electron chi connectivity index (χ3n) is 7.57. The molecule has 0 bridgehead atoms. The molecule has 222 valence electrons. The van der Waals surface area contributed by atoms with Crippen LogP contribution in [0.15, 0.2) is 51.7 Å². The normalized spacial score (nSPS) is 23.0. The molecule has 1 aromatic heterocycles. The highest BCUT2D eigenvalue weighted by atomic mass is 32.2. The van der Waals surface area contributed by atoms with Crippen LogP contribution >= 0.6 is 0 Å². The van der Waals surface area contributed by atoms with Crippen molar-refractivity contribution in [1.82, 2.24) is 9.97 Å². The maximum atomic E-state index is 14.1. The smallest absolute Gasteiger partial charge is 0.381 e. The van der Waals surface area contributed by atoms with Gasteiger partial charge in [0.1, 0.15) is 5.82 Å². The van der Waals surface area contributed by atoms with Gasteiger partial charge in [0.2, 0.25) is 5.95 Å². The van der Waals surface area contributed by atoms with Crippen molar-refractivity contribution in [2.24, 2.45) is 10.1 Å². The van der Waals surface area contributed by atoms with Crippen molar-refractivity contribution in [1.29, 1.82) is 0 Å². The second-order valence-corrected chi connectivity index (χ2v) is 13.1. The third-order valence-corrected chi connectivity index (χ3v) is 9.99. The number of rotatable bonds is 6. The number of hydrogen-bond acceptors (Lipinski definition) is 8. The Bertz CT molecular complexity index is 1560. The summed E-state index contributed by atoms with van der Waals surface area (Å²) in [4.78, 5) is 13.6. The van der Waals surface area contributed by atoms with Crippen molar-refractivity contribution in [3.63, 3.8) is 0 Å². The first-order valence-corrected chi connectivity index (χ1v) is 14.9. The third kappa shape index (κ3) is 5.95. The molecular weight excluding hydrogens is 567 g/mol. The van der Waals surface area contributed by atoms with E-state index in [1.807, 2.05) is 9.80 Å². The molecule has 0 saturated carbocycles. The van der Waals surface area contributed by atoms with Gasteiger partial charge in [-0.05, 0) is 37.1 Å². The van der Waals surface area contributed by atoms with E-state index in [0.29, 0.717) is 53.1 Å². The van der Waals surface area contributed by atoms with Crippen molar-refractivity contribution in [2.75, 3.05) is 41.7 Å². The average molecular weight is 599 g/mol. The Morgan fingerprint density at radius 2 is 1.90 bits per heavy atom. The lowest BCUT2D eigenvalue weighted by Crippen LogP contribution is -2.42. The van der Waals surface area contributed by atoms with Crippen LogP contribution in [0.3, 0.4) is 0 Å². The summed E-state index contributed by atoms with van der Waals surface area (Å²) < 4.78 is 84.8. The molecule has 0 spiro atoms. The van der Waals surface area contributed by atoms with Crippen molar-refractivity contribution in [3.8, 4) is 0 Å². The standard InChI is InChI=1S/C27H31F5N6O2S/c1-26(39,27(30,31)32)9-10-34-41(40)13-12-38(15-18-4-2-3-5-22(18)41)25-35-21-7-6-17(23(28)29)14-20(21)24(36-25)37-11-8-19(33)16-37/h2-7,14,19,23,39H,8-13,15-16,33H2,1H3/t19-,26?,41?/m0/s1. The van der Waals surface area contributed by atoms with Gasteiger partial charge in [-0.25, -0.2) is 22.3 Å². The van der Waals surface area contributed by atoms with E-state index in [9.17, 15) is 31.3 Å². The minimum Gasteiger partial charge on any atom is -0.381 e. The minimum absolute atomic E-state index is 0.00614. The fourth-order valence-electron chi connectivity index (χ4n) is 5.05. The van der Waals surface area contributed by atoms with E-state index in [2.05, 4.69) is 9.35 Å². The molecule has 3 N–H and O–H groups in total. The number of benzene rings is 2. The first kappa shape index (κ1) is 29.4. The van der Waals surface area contributed by atoms with Crippen LogP contribution in [0.4, 0.5) is 33.7 Å². The number of anilines is 2. The molecule has 2 aliphatic heterocycles. The largest absolute Gasteiger partial charge is 0.416 e. The lowest BCUT2D eigenvalue weighted by atomic mass is 10.0. The van der Waals surface area contributed by atoms with Crippen LogP contribution in [0.5, 0.6) is 0 Å². The molecule has 0 aliphatic carbocycles. The number of fused-ring (bicyclic) bond motifs is 2. The second-order valence-electron chi connectivity index (χ2n) is 10.7. The van der Waals surface area contributed by atoms with Gasteiger partial charge in [0.25, 0.3) is 6.43 Å². The van der Waals surface area contributed by atoms with Crippen LogP contribution in [0, 0.1) is 0 Å². The molecular formula is C27H31F5N6O2S. The first-order valence-electron chi connectivity index (χ1n) is 13.2. The quantitative estimate of drug-likeness (QED) is 0.398. The maximum absolute atomic E-state index is 14.1. The Hall–Kier alpha value is -3.10. The number of nitrogens with two attached hydrogens (primary N) is 1. The molecule has 2 aromatic carbocycles. The molecule has 1 fully saturated rings. The number of hydrogen-bond donors (Lipinski definition) is 2. The fourth-order valence-corrected chi connectivity index (χ4v) is 7.22. The molecule has 8 nitrogen and oxygen atoms in total. The molecule has 5 rings (SSSR count). The second kappa shape index (κ2) is 11.0. The lowest BCUT2D eigenvalue weighted by molar-refractivity contribution is -0.254. The van der Waals surface area contributed by atoms with Crippen molar-refractivity contribution in [2.45, 2.75) is 55.5 Å². The summed E-state index contributed by atoms with van der Waals surface area (Å²) in [5.41, 5.74) is 4.14. The molecule has 3 atom stereocenters. The molecule has 3 heterocycles. The van der Waals surface area contributed by atoms with Gasteiger partial charge in [-0.15, -0.1) is 0 Å². The Kier molecular flexibility index (Phi) is 7.85. The van der Waals surface area contributed by atoms with E-state index in [0.717, 1.165) is 6.42 Å². The number of halogens is 5. The van der Waals surface area contributed by atoms with Gasteiger partial charge >= 0.3 is 6.18 Å². The van der Waals surface area contributed by atoms with E-state index < -0.39 is 40.9 Å². The monoisotopic (exact) mass is 598 g/mol. The number of nitrogens with zero attached hydrogens (tertiary/aromatic N) is 5. The predicted molar refractivity (Wildman–Crippen MR) is 147 cm³/mol. The zero-order valence-electron chi connectivity index (χ0n) is 22.3. The number of aromatic nitrogens is 2. The molecule has 0 radical (unpaired) electrons. The van der Waals surface area contributed by atoms with Crippen LogP contribution in [0.2, 0.25) is 0 Å². The highest BCUT2D eigenvalue weighted by Crippen LogP contribution is 2.35. The zero-order valence-corrected chi connectivity index (χ0v) is 23.1. The van der Waals surface area contributed by atoms with Gasteiger partial charge in [-0.2, -0.15) is 18.2 Å². The molecule has 14 heteroatoms. The van der Waals surface area contributed by atoms with Crippen LogP contribution in [-0.2, 0) is 16.3 Å². The Morgan fingerprint density at radius 1 is 1.15 bits per heavy atom. The number of alkyl halides is 5. The molecule has 3 aromatic rings. The summed E-state index contributed by atoms with van der Waals surface area (Å²) in [6, 6.07) is 11.0. The van der Waals surface area contributed by atoms with Crippen LogP contribution in [0.25, 0.3) is 10.9 Å². The Labute approximate surface area is 234 Å². The van der Waals surface area contributed by atoms with Gasteiger partial charge in [0.05, 0.1) is 32.4 Å². The van der Waals surface area contributed by atoms with Gasteiger partial charge in [-0.1, -0.05) is 24.3 Å². The maximum Gasteiger partial charge on any atom is 0.416 e. The van der Waals surface area contributed by atoms with E-state index in [4.69, 9.17) is 10.7 Å². The Morgan fingerprint density at radius 3 is 2.59 bits per heavy atom. The average Bonchev–Trinajstić information content (AvgIpc) is 3.29. The van der Waals surface area contributed by atoms with E-state index in [1.165, 1.54) is 18.2 Å². The van der Waals surface area contributed by atoms with Gasteiger partial charge < -0.3 is 20.6 Å². The highest BCUT2D eigenvalue weighted by molar-refractivity contribution is 7.93. The number of aliphatic hydroxyl groups is 1. The molecule has 2 unspecified atom stereocenters. The van der Waals surface area contributed by atoms with E-state index in [1.54, 1.807) is 24.3 Å². The summed E-state index contributed by atoms with van der Waals surface area (Å²) in [5, 5.41) is 10.3. The van der Waals surface area contributed by atoms with Gasteiger partial charge in [0, 0.05) is 49.6 Å². The summed E-state index contributed by atoms with van der Waals surface area (Å²) in [6.07, 6.45) is -7.51. The van der Waals surface area contributed by atoms with Crippen molar-refractivity contribution in [3.05, 3.63) is 53.6 Å². The van der Waals surface area contributed by atoms with E-state index in [-0.39, 0.29) is 30.4 Å². The van der Waals surface area contributed by atoms with Gasteiger partial charge in [-0.3, -0.25) is 0 Å². The van der Waals surface area contributed by atoms with Crippen LogP contribution in [-0.4, -0.2) is 69.0 Å². The molecule has 0 amide bonds. The summed E-state index contributed by atoms with van der Waals surface area (Å²) >= 11 is 0. The minimum atomic E-state index is -4.84. The topological polar surface area (TPSA) is 108 Å². The molecule has 1 saturated heterocycles. The summed E-state index contributed by atoms with van der Waals surface area (Å²) in [7, 11) is -3.15.